The minimum atomic E-state index is 0.0467. The summed E-state index contributed by atoms with van der Waals surface area (Å²) in [6.07, 6.45) is 8.71. The van der Waals surface area contributed by atoms with Crippen LogP contribution in [-0.2, 0) is 4.79 Å². The maximum Gasteiger partial charge on any atom is 0.219 e. The van der Waals surface area contributed by atoms with Gasteiger partial charge in [-0.1, -0.05) is 0 Å². The molecule has 13 heavy (non-hydrogen) atoms. The Balaban J connectivity index is 3.16. The summed E-state index contributed by atoms with van der Waals surface area (Å²) in [5.41, 5.74) is 0. The van der Waals surface area contributed by atoms with E-state index < -0.39 is 0 Å². The fraction of sp³-hybridized carbons (Fsp3) is 0.700. The third kappa shape index (κ3) is 8.90. The smallest absolute Gasteiger partial charge is 0.219 e. The molecule has 3 heteroatoms. The molecule has 1 amide bonds. The number of rotatable bonds is 7. The van der Waals surface area contributed by atoms with Crippen LogP contribution in [0.1, 0.15) is 32.1 Å². The first-order valence-electron chi connectivity index (χ1n) is 4.62. The van der Waals surface area contributed by atoms with Gasteiger partial charge in [0, 0.05) is 26.0 Å². The van der Waals surface area contributed by atoms with Gasteiger partial charge < -0.3 is 10.4 Å². The maximum atomic E-state index is 11.0. The fourth-order valence-electron chi connectivity index (χ4n) is 0.908. The number of hydrogen-bond donors (Lipinski definition) is 2. The van der Waals surface area contributed by atoms with Crippen molar-refractivity contribution in [2.75, 3.05) is 13.2 Å². The molecule has 0 unspecified atom stereocenters. The van der Waals surface area contributed by atoms with Gasteiger partial charge in [-0.2, -0.15) is 0 Å². The molecule has 3 nitrogen and oxygen atoms in total. The van der Waals surface area contributed by atoms with Gasteiger partial charge in [-0.3, -0.25) is 4.79 Å². The topological polar surface area (TPSA) is 49.3 Å². The van der Waals surface area contributed by atoms with Crippen LogP contribution in [0.2, 0.25) is 0 Å². The van der Waals surface area contributed by atoms with Gasteiger partial charge in [-0.05, 0) is 19.3 Å². The predicted molar refractivity (Wildman–Crippen MR) is 52.0 cm³/mol. The number of carbonyl (C=O) groups excluding carboxylic acids is 1. The summed E-state index contributed by atoms with van der Waals surface area (Å²) in [6, 6.07) is 0. The first-order valence-corrected chi connectivity index (χ1v) is 4.62. The largest absolute Gasteiger partial charge is 0.396 e. The molecule has 0 aromatic heterocycles. The second-order valence-corrected chi connectivity index (χ2v) is 2.84. The van der Waals surface area contributed by atoms with E-state index in [0.717, 1.165) is 19.3 Å². The van der Waals surface area contributed by atoms with Gasteiger partial charge >= 0.3 is 0 Å². The normalized spacial score (nSPS) is 9.23. The molecule has 0 aromatic carbocycles. The highest BCUT2D eigenvalue weighted by Gasteiger charge is 1.98. The average molecular weight is 183 g/mol. The lowest BCUT2D eigenvalue weighted by Crippen LogP contribution is -2.24. The molecular formula is C10H17NO2. The minimum absolute atomic E-state index is 0.0467. The summed E-state index contributed by atoms with van der Waals surface area (Å²) < 4.78 is 0. The zero-order valence-electron chi connectivity index (χ0n) is 7.88. The van der Waals surface area contributed by atoms with Crippen molar-refractivity contribution in [2.45, 2.75) is 32.1 Å². The molecule has 0 aliphatic carbocycles. The number of aliphatic hydroxyl groups is 1. The second-order valence-electron chi connectivity index (χ2n) is 2.84. The van der Waals surface area contributed by atoms with E-state index in [2.05, 4.69) is 11.2 Å². The van der Waals surface area contributed by atoms with E-state index in [9.17, 15) is 4.79 Å². The lowest BCUT2D eigenvalue weighted by Gasteiger charge is -2.02. The van der Waals surface area contributed by atoms with Gasteiger partial charge in [0.2, 0.25) is 5.91 Å². The standard InChI is InChI=1S/C10H17NO2/c1-2-3-4-5-7-10(13)11-8-6-9-12/h1,12H,3-9H2,(H,11,13). The third-order valence-corrected chi connectivity index (χ3v) is 1.63. The van der Waals surface area contributed by atoms with Crippen LogP contribution in [-0.4, -0.2) is 24.2 Å². The van der Waals surface area contributed by atoms with Gasteiger partial charge in [-0.25, -0.2) is 0 Å². The molecule has 2 N–H and O–H groups in total. The summed E-state index contributed by atoms with van der Waals surface area (Å²) in [7, 11) is 0. The second kappa shape index (κ2) is 9.08. The van der Waals surface area contributed by atoms with E-state index in [4.69, 9.17) is 11.5 Å². The van der Waals surface area contributed by atoms with E-state index in [-0.39, 0.29) is 12.5 Å². The summed E-state index contributed by atoms with van der Waals surface area (Å²) in [5, 5.41) is 11.2. The van der Waals surface area contributed by atoms with Crippen LogP contribution in [0.15, 0.2) is 0 Å². The highest BCUT2D eigenvalue weighted by atomic mass is 16.3. The molecule has 0 saturated heterocycles. The van der Waals surface area contributed by atoms with Gasteiger partial charge in [-0.15, -0.1) is 12.3 Å². The van der Waals surface area contributed by atoms with Crippen molar-refractivity contribution in [2.24, 2.45) is 0 Å². The molecule has 0 radical (unpaired) electrons. The Morgan fingerprint density at radius 2 is 2.15 bits per heavy atom. The number of terminal acetylenes is 1. The number of hydrogen-bond acceptors (Lipinski definition) is 2. The Hall–Kier alpha value is -1.01. The first-order chi connectivity index (χ1) is 6.31. The van der Waals surface area contributed by atoms with Crippen molar-refractivity contribution in [1.82, 2.24) is 5.32 Å². The van der Waals surface area contributed by atoms with Crippen molar-refractivity contribution < 1.29 is 9.90 Å². The number of unbranched alkanes of at least 4 members (excludes halogenated alkanes) is 2. The first kappa shape index (κ1) is 12.0. The molecule has 0 spiro atoms. The van der Waals surface area contributed by atoms with Gasteiger partial charge in [0.15, 0.2) is 0 Å². The highest BCUT2D eigenvalue weighted by Crippen LogP contribution is 1.98. The van der Waals surface area contributed by atoms with E-state index >= 15 is 0 Å². The number of nitrogens with one attached hydrogen (secondary N) is 1. The van der Waals surface area contributed by atoms with E-state index in [1.54, 1.807) is 0 Å². The Labute approximate surface area is 79.5 Å². The van der Waals surface area contributed by atoms with Gasteiger partial charge in [0.1, 0.15) is 0 Å². The molecule has 0 aromatic rings. The Kier molecular flexibility index (Phi) is 8.38. The Morgan fingerprint density at radius 1 is 1.38 bits per heavy atom. The van der Waals surface area contributed by atoms with E-state index in [1.807, 2.05) is 0 Å². The number of amides is 1. The van der Waals surface area contributed by atoms with Crippen molar-refractivity contribution >= 4 is 5.91 Å². The average Bonchev–Trinajstić information content (AvgIpc) is 2.13. The Bertz CT molecular complexity index is 172. The van der Waals surface area contributed by atoms with Crippen LogP contribution in [0.3, 0.4) is 0 Å². The predicted octanol–water partition coefficient (Wildman–Crippen LogP) is 0.679. The van der Waals surface area contributed by atoms with Crippen molar-refractivity contribution in [3.05, 3.63) is 0 Å². The van der Waals surface area contributed by atoms with Crippen LogP contribution in [0, 0.1) is 12.3 Å². The Morgan fingerprint density at radius 3 is 2.77 bits per heavy atom. The van der Waals surface area contributed by atoms with Crippen LogP contribution in [0.25, 0.3) is 0 Å². The van der Waals surface area contributed by atoms with Crippen LogP contribution >= 0.6 is 0 Å². The van der Waals surface area contributed by atoms with Crippen molar-refractivity contribution in [3.63, 3.8) is 0 Å². The summed E-state index contributed by atoms with van der Waals surface area (Å²) in [4.78, 5) is 11.0. The molecule has 0 aliphatic rings. The lowest BCUT2D eigenvalue weighted by atomic mass is 10.2. The van der Waals surface area contributed by atoms with Crippen LogP contribution in [0.5, 0.6) is 0 Å². The minimum Gasteiger partial charge on any atom is -0.396 e. The van der Waals surface area contributed by atoms with Crippen molar-refractivity contribution in [3.8, 4) is 12.3 Å². The zero-order valence-corrected chi connectivity index (χ0v) is 7.88. The highest BCUT2D eigenvalue weighted by molar-refractivity contribution is 5.75. The zero-order chi connectivity index (χ0) is 9.94. The molecule has 0 aliphatic heterocycles. The lowest BCUT2D eigenvalue weighted by molar-refractivity contribution is -0.121. The quantitative estimate of drug-likeness (QED) is 0.450. The molecule has 74 valence electrons. The third-order valence-electron chi connectivity index (χ3n) is 1.63. The molecule has 0 fully saturated rings. The summed E-state index contributed by atoms with van der Waals surface area (Å²) in [6.45, 7) is 0.682. The van der Waals surface area contributed by atoms with Crippen molar-refractivity contribution in [1.29, 1.82) is 0 Å². The maximum absolute atomic E-state index is 11.0. The van der Waals surface area contributed by atoms with E-state index in [0.29, 0.717) is 19.4 Å². The monoisotopic (exact) mass is 183 g/mol. The van der Waals surface area contributed by atoms with Gasteiger partial charge in [0.05, 0.1) is 0 Å². The van der Waals surface area contributed by atoms with Crippen LogP contribution < -0.4 is 5.32 Å². The SMILES string of the molecule is C#CCCCCC(=O)NCCCO. The molecule has 0 bridgehead atoms. The van der Waals surface area contributed by atoms with Crippen LogP contribution in [0.4, 0.5) is 0 Å². The summed E-state index contributed by atoms with van der Waals surface area (Å²) >= 11 is 0. The van der Waals surface area contributed by atoms with Gasteiger partial charge in [0.25, 0.3) is 0 Å². The molecule has 0 saturated carbocycles. The fourth-order valence-corrected chi connectivity index (χ4v) is 0.908. The van der Waals surface area contributed by atoms with E-state index in [1.165, 1.54) is 0 Å². The summed E-state index contributed by atoms with van der Waals surface area (Å²) in [5.74, 6) is 2.58. The number of aliphatic hydroxyl groups excluding tert-OH is 1. The molecular weight excluding hydrogens is 166 g/mol. The molecule has 0 heterocycles. The molecule has 0 rings (SSSR count). The molecule has 0 atom stereocenters. The number of carbonyl (C=O) groups is 1.